The molecule has 0 unspecified atom stereocenters. The van der Waals surface area contributed by atoms with Gasteiger partial charge in [0, 0.05) is 24.5 Å². The maximum atomic E-state index is 12.6. The molecular formula is C18H20N4O4. The van der Waals surface area contributed by atoms with Crippen molar-refractivity contribution < 1.29 is 19.1 Å². The molecule has 1 aromatic heterocycles. The van der Waals surface area contributed by atoms with E-state index in [0.717, 1.165) is 0 Å². The summed E-state index contributed by atoms with van der Waals surface area (Å²) >= 11 is 0. The summed E-state index contributed by atoms with van der Waals surface area (Å²) < 4.78 is 10.00. The van der Waals surface area contributed by atoms with Crippen molar-refractivity contribution in [2.24, 2.45) is 0 Å². The number of nitrogens with one attached hydrogen (secondary N) is 1. The summed E-state index contributed by atoms with van der Waals surface area (Å²) in [7, 11) is 1.33. The van der Waals surface area contributed by atoms with Gasteiger partial charge < -0.3 is 19.7 Å². The third-order valence-electron chi connectivity index (χ3n) is 3.91. The fourth-order valence-electron chi connectivity index (χ4n) is 2.63. The minimum Gasteiger partial charge on any atom is -0.465 e. The molecular weight excluding hydrogens is 336 g/mol. The Bertz CT molecular complexity index is 819. The lowest BCUT2D eigenvalue weighted by molar-refractivity contribution is 0.0299. The number of esters is 1. The van der Waals surface area contributed by atoms with E-state index in [2.05, 4.69) is 15.3 Å². The molecule has 0 spiro atoms. The van der Waals surface area contributed by atoms with Crippen molar-refractivity contribution in [2.45, 2.75) is 6.92 Å². The number of aromatic nitrogens is 2. The minimum atomic E-state index is -0.429. The maximum Gasteiger partial charge on any atom is 0.337 e. The molecule has 1 amide bonds. The lowest BCUT2D eigenvalue weighted by atomic mass is 10.2. The Labute approximate surface area is 151 Å². The number of nitrogens with zero attached hydrogens (tertiary/aromatic N) is 3. The molecule has 0 atom stereocenters. The van der Waals surface area contributed by atoms with Gasteiger partial charge in [-0.05, 0) is 31.2 Å². The van der Waals surface area contributed by atoms with Crippen LogP contribution >= 0.6 is 0 Å². The smallest absolute Gasteiger partial charge is 0.337 e. The van der Waals surface area contributed by atoms with E-state index >= 15 is 0 Å². The highest BCUT2D eigenvalue weighted by Gasteiger charge is 2.20. The Morgan fingerprint density at radius 2 is 1.96 bits per heavy atom. The van der Waals surface area contributed by atoms with E-state index in [9.17, 15) is 9.59 Å². The number of carbonyl (C=O) groups excluding carboxylic acids is 2. The molecule has 1 fully saturated rings. The molecule has 8 nitrogen and oxygen atoms in total. The molecule has 1 saturated heterocycles. The van der Waals surface area contributed by atoms with Crippen LogP contribution in [0.5, 0.6) is 0 Å². The number of carbonyl (C=O) groups is 2. The molecule has 3 rings (SSSR count). The Morgan fingerprint density at radius 3 is 2.69 bits per heavy atom. The lowest BCUT2D eigenvalue weighted by Gasteiger charge is -2.26. The van der Waals surface area contributed by atoms with Gasteiger partial charge in [0.25, 0.3) is 5.91 Å². The fraction of sp³-hybridized carbons (Fsp3) is 0.333. The Morgan fingerprint density at radius 1 is 1.19 bits per heavy atom. The molecule has 1 N–H and O–H groups in total. The third kappa shape index (κ3) is 4.15. The van der Waals surface area contributed by atoms with Crippen molar-refractivity contribution >= 4 is 23.5 Å². The first-order valence-corrected chi connectivity index (χ1v) is 8.25. The second-order valence-electron chi connectivity index (χ2n) is 5.82. The minimum absolute atomic E-state index is 0.148. The summed E-state index contributed by atoms with van der Waals surface area (Å²) in [4.78, 5) is 34.6. The van der Waals surface area contributed by atoms with Crippen LogP contribution in [-0.4, -0.2) is 60.2 Å². The van der Waals surface area contributed by atoms with Crippen LogP contribution in [0.1, 0.15) is 26.5 Å². The van der Waals surface area contributed by atoms with Crippen LogP contribution < -0.4 is 5.32 Å². The molecule has 0 aliphatic carbocycles. The highest BCUT2D eigenvalue weighted by Crippen LogP contribution is 2.17. The zero-order chi connectivity index (χ0) is 18.5. The predicted molar refractivity (Wildman–Crippen MR) is 94.6 cm³/mol. The number of amides is 1. The predicted octanol–water partition coefficient (Wildman–Crippen LogP) is 1.79. The molecule has 136 valence electrons. The van der Waals surface area contributed by atoms with Crippen molar-refractivity contribution in [2.75, 3.05) is 38.7 Å². The molecule has 2 heterocycles. The second-order valence-corrected chi connectivity index (χ2v) is 5.82. The third-order valence-corrected chi connectivity index (χ3v) is 3.91. The van der Waals surface area contributed by atoms with Gasteiger partial charge >= 0.3 is 5.97 Å². The molecule has 26 heavy (non-hydrogen) atoms. The molecule has 2 aromatic rings. The number of hydrogen-bond donors (Lipinski definition) is 1. The first kappa shape index (κ1) is 17.8. The number of hydrogen-bond acceptors (Lipinski definition) is 7. The van der Waals surface area contributed by atoms with Gasteiger partial charge in [-0.15, -0.1) is 0 Å². The van der Waals surface area contributed by atoms with Gasteiger partial charge in [0.05, 0.1) is 25.9 Å². The van der Waals surface area contributed by atoms with Gasteiger partial charge in [0.1, 0.15) is 5.69 Å². The zero-order valence-corrected chi connectivity index (χ0v) is 14.7. The van der Waals surface area contributed by atoms with Crippen molar-refractivity contribution in [3.05, 3.63) is 47.3 Å². The van der Waals surface area contributed by atoms with Crippen LogP contribution in [0.4, 0.5) is 11.6 Å². The van der Waals surface area contributed by atoms with Gasteiger partial charge in [-0.25, -0.2) is 14.8 Å². The van der Waals surface area contributed by atoms with Crippen LogP contribution in [0.25, 0.3) is 0 Å². The summed E-state index contributed by atoms with van der Waals surface area (Å²) in [5.74, 6) is -0.282. The molecule has 0 bridgehead atoms. The van der Waals surface area contributed by atoms with Crippen molar-refractivity contribution in [1.82, 2.24) is 14.9 Å². The number of anilines is 2. The summed E-state index contributed by atoms with van der Waals surface area (Å²) in [5.41, 5.74) is 2.03. The van der Waals surface area contributed by atoms with Crippen molar-refractivity contribution in [1.29, 1.82) is 0 Å². The molecule has 0 saturated carbocycles. The number of benzene rings is 1. The number of aryl methyl sites for hydroxylation is 1. The molecule has 8 heteroatoms. The van der Waals surface area contributed by atoms with Crippen LogP contribution in [0.15, 0.2) is 30.3 Å². The first-order chi connectivity index (χ1) is 12.6. The van der Waals surface area contributed by atoms with Gasteiger partial charge in [-0.1, -0.05) is 6.07 Å². The Hall–Kier alpha value is -3.00. The Balaban J connectivity index is 1.81. The van der Waals surface area contributed by atoms with E-state index in [0.29, 0.717) is 54.9 Å². The van der Waals surface area contributed by atoms with Crippen LogP contribution in [-0.2, 0) is 9.47 Å². The SMILES string of the molecule is COC(=O)c1cccc(Nc2nc(C)cc(C(=O)N3CCOCC3)n2)c1. The molecule has 0 radical (unpaired) electrons. The largest absolute Gasteiger partial charge is 0.465 e. The topological polar surface area (TPSA) is 93.6 Å². The summed E-state index contributed by atoms with van der Waals surface area (Å²) in [6, 6.07) is 8.46. The monoisotopic (exact) mass is 356 g/mol. The highest BCUT2D eigenvalue weighted by atomic mass is 16.5. The van der Waals surface area contributed by atoms with Crippen LogP contribution in [0, 0.1) is 6.92 Å². The fourth-order valence-corrected chi connectivity index (χ4v) is 2.63. The van der Waals surface area contributed by atoms with E-state index in [4.69, 9.17) is 9.47 Å². The summed E-state index contributed by atoms with van der Waals surface area (Å²) in [6.07, 6.45) is 0. The average molecular weight is 356 g/mol. The van der Waals surface area contributed by atoms with Crippen LogP contribution in [0.3, 0.4) is 0 Å². The lowest BCUT2D eigenvalue weighted by Crippen LogP contribution is -2.41. The molecule has 1 aromatic carbocycles. The Kier molecular flexibility index (Phi) is 5.43. The van der Waals surface area contributed by atoms with E-state index in [1.165, 1.54) is 7.11 Å². The van der Waals surface area contributed by atoms with Gasteiger partial charge in [0.2, 0.25) is 5.95 Å². The van der Waals surface area contributed by atoms with Gasteiger partial charge in [-0.2, -0.15) is 0 Å². The first-order valence-electron chi connectivity index (χ1n) is 8.25. The van der Waals surface area contributed by atoms with Gasteiger partial charge in [-0.3, -0.25) is 4.79 Å². The highest BCUT2D eigenvalue weighted by molar-refractivity contribution is 5.93. The van der Waals surface area contributed by atoms with E-state index in [1.807, 2.05) is 0 Å². The van der Waals surface area contributed by atoms with Crippen LogP contribution in [0.2, 0.25) is 0 Å². The quantitative estimate of drug-likeness (QED) is 0.835. The normalized spacial score (nSPS) is 14.0. The van der Waals surface area contributed by atoms with Gasteiger partial charge in [0.15, 0.2) is 0 Å². The van der Waals surface area contributed by atoms with Crippen molar-refractivity contribution in [3.8, 4) is 0 Å². The van der Waals surface area contributed by atoms with Crippen molar-refractivity contribution in [3.63, 3.8) is 0 Å². The number of morpholine rings is 1. The second kappa shape index (κ2) is 7.92. The van der Waals surface area contributed by atoms with E-state index in [-0.39, 0.29) is 5.91 Å². The van der Waals surface area contributed by atoms with E-state index < -0.39 is 5.97 Å². The summed E-state index contributed by atoms with van der Waals surface area (Å²) in [6.45, 7) is 3.95. The summed E-state index contributed by atoms with van der Waals surface area (Å²) in [5, 5.41) is 3.04. The molecule has 1 aliphatic rings. The molecule has 1 aliphatic heterocycles. The standard InChI is InChI=1S/C18H20N4O4/c1-12-10-15(16(23)22-6-8-26-9-7-22)21-18(19-12)20-14-5-3-4-13(11-14)17(24)25-2/h3-5,10-11H,6-9H2,1-2H3,(H,19,20,21). The van der Waals surface area contributed by atoms with E-state index in [1.54, 1.807) is 42.2 Å². The zero-order valence-electron chi connectivity index (χ0n) is 14.7. The maximum absolute atomic E-state index is 12.6. The number of methoxy groups -OCH3 is 1. The number of ether oxygens (including phenoxy) is 2. The average Bonchev–Trinajstić information content (AvgIpc) is 2.67. The number of rotatable bonds is 4.